The Hall–Kier alpha value is -1.14. The van der Waals surface area contributed by atoms with Gasteiger partial charge in [0.2, 0.25) is 19.5 Å². The average Bonchev–Trinajstić information content (AvgIpc) is 2.54. The van der Waals surface area contributed by atoms with Crippen LogP contribution in [0.3, 0.4) is 0 Å². The van der Waals surface area contributed by atoms with Crippen LogP contribution in [0.2, 0.25) is 13.1 Å². The number of fused-ring (bicyclic) bond motifs is 1. The molecular formula is C16H19BrN2O4Si2. The molecule has 132 valence electrons. The fraction of sp³-hybridized carbons (Fsp3) is 0.438. The molecule has 2 aromatic heterocycles. The first kappa shape index (κ1) is 20.2. The van der Waals surface area contributed by atoms with Gasteiger partial charge in [-0.3, -0.25) is 4.98 Å². The van der Waals surface area contributed by atoms with E-state index >= 15 is 0 Å². The van der Waals surface area contributed by atoms with Gasteiger partial charge < -0.3 is 14.0 Å². The minimum absolute atomic E-state index is 0.0446. The summed E-state index contributed by atoms with van der Waals surface area (Å²) in [5, 5.41) is 10.5. The summed E-state index contributed by atoms with van der Waals surface area (Å²) in [6.07, 6.45) is 1.13. The van der Waals surface area contributed by atoms with Crippen LogP contribution < -0.4 is 0 Å². The standard InChI is InChI=1S/C16H19BrN2O4Si2/c1-8-6-9-11(18-7-8)10(12(14(20)21)19-13(9)17)16(2,3)15(22-24-4)23-25-5/h6-7,15H,1-5H3,(H,20,21). The largest absolute Gasteiger partial charge is 0.477 e. The lowest BCUT2D eigenvalue weighted by Gasteiger charge is -2.35. The first-order valence-electron chi connectivity index (χ1n) is 7.58. The second-order valence-electron chi connectivity index (χ2n) is 6.04. The van der Waals surface area contributed by atoms with Gasteiger partial charge in [-0.15, -0.1) is 0 Å². The van der Waals surface area contributed by atoms with E-state index in [1.54, 1.807) is 6.20 Å². The van der Waals surface area contributed by atoms with Gasteiger partial charge in [-0.05, 0) is 47.6 Å². The second kappa shape index (κ2) is 8.04. The zero-order valence-electron chi connectivity index (χ0n) is 14.7. The maximum atomic E-state index is 11.9. The maximum Gasteiger partial charge on any atom is 0.354 e. The molecule has 2 heterocycles. The zero-order chi connectivity index (χ0) is 18.8. The van der Waals surface area contributed by atoms with Gasteiger partial charge >= 0.3 is 5.97 Å². The normalized spacial score (nSPS) is 12.1. The molecule has 0 aliphatic rings. The fourth-order valence-electron chi connectivity index (χ4n) is 2.67. The third-order valence-corrected chi connectivity index (χ3v) is 5.32. The molecule has 2 rings (SSSR count). The molecule has 9 heteroatoms. The van der Waals surface area contributed by atoms with Crippen LogP contribution in [0.25, 0.3) is 10.9 Å². The molecule has 0 bridgehead atoms. The van der Waals surface area contributed by atoms with Gasteiger partial charge in [0.05, 0.1) is 5.52 Å². The van der Waals surface area contributed by atoms with Gasteiger partial charge in [0, 0.05) is 22.6 Å². The Bertz CT molecular complexity index is 795. The summed E-state index contributed by atoms with van der Waals surface area (Å²) in [5.41, 5.74) is 1.27. The van der Waals surface area contributed by atoms with Crippen molar-refractivity contribution in [3.05, 3.63) is 33.7 Å². The van der Waals surface area contributed by atoms with E-state index in [1.807, 2.05) is 39.9 Å². The SMILES string of the molecule is C[Si]OC(O[Si]C)C(C)(C)c1c(C(=O)O)nc(Br)c2cc(C)cnc12. The van der Waals surface area contributed by atoms with Gasteiger partial charge in [0.1, 0.15) is 10.9 Å². The molecule has 0 aromatic carbocycles. The minimum atomic E-state index is -1.11. The number of hydrogen-bond acceptors (Lipinski definition) is 5. The second-order valence-corrected chi connectivity index (χ2v) is 8.08. The molecule has 0 fully saturated rings. The van der Waals surface area contributed by atoms with Crippen molar-refractivity contribution in [2.75, 3.05) is 0 Å². The summed E-state index contributed by atoms with van der Waals surface area (Å²) in [4.78, 5) is 20.7. The van der Waals surface area contributed by atoms with Gasteiger partial charge in [-0.25, -0.2) is 9.78 Å². The maximum absolute atomic E-state index is 11.9. The molecular weight excluding hydrogens is 420 g/mol. The highest BCUT2D eigenvalue weighted by atomic mass is 79.9. The lowest BCUT2D eigenvalue weighted by atomic mass is 9.81. The summed E-state index contributed by atoms with van der Waals surface area (Å²) in [5.74, 6) is -1.11. The number of carboxylic acid groups (broad SMARTS) is 1. The Balaban J connectivity index is 2.83. The Morgan fingerprint density at radius 3 is 2.44 bits per heavy atom. The van der Waals surface area contributed by atoms with E-state index in [4.69, 9.17) is 8.85 Å². The van der Waals surface area contributed by atoms with E-state index in [0.29, 0.717) is 15.7 Å². The van der Waals surface area contributed by atoms with Crippen molar-refractivity contribution in [3.8, 4) is 0 Å². The predicted molar refractivity (Wildman–Crippen MR) is 101 cm³/mol. The van der Waals surface area contributed by atoms with E-state index in [9.17, 15) is 9.90 Å². The number of carboxylic acids is 1. The number of aromatic carboxylic acids is 1. The molecule has 4 radical (unpaired) electrons. The van der Waals surface area contributed by atoms with Crippen molar-refractivity contribution < 1.29 is 18.8 Å². The molecule has 1 N–H and O–H groups in total. The van der Waals surface area contributed by atoms with E-state index < -0.39 is 17.7 Å². The third-order valence-electron chi connectivity index (χ3n) is 3.82. The third kappa shape index (κ3) is 4.00. The molecule has 0 amide bonds. The smallest absolute Gasteiger partial charge is 0.354 e. The Morgan fingerprint density at radius 2 is 1.92 bits per heavy atom. The molecule has 0 saturated heterocycles. The molecule has 6 nitrogen and oxygen atoms in total. The van der Waals surface area contributed by atoms with Crippen LogP contribution >= 0.6 is 15.9 Å². The summed E-state index contributed by atoms with van der Waals surface area (Å²) in [6, 6.07) is 1.94. The highest BCUT2D eigenvalue weighted by Crippen LogP contribution is 2.38. The number of pyridine rings is 2. The van der Waals surface area contributed by atoms with Crippen LogP contribution in [0.4, 0.5) is 0 Å². The average molecular weight is 439 g/mol. The summed E-state index contributed by atoms with van der Waals surface area (Å²) < 4.78 is 12.0. The van der Waals surface area contributed by atoms with Crippen LogP contribution in [0, 0.1) is 6.92 Å². The van der Waals surface area contributed by atoms with Crippen molar-refractivity contribution in [1.29, 1.82) is 0 Å². The molecule has 2 aromatic rings. The summed E-state index contributed by atoms with van der Waals surface area (Å²) in [6.45, 7) is 9.54. The Kier molecular flexibility index (Phi) is 6.49. The van der Waals surface area contributed by atoms with Crippen molar-refractivity contribution in [2.24, 2.45) is 0 Å². The lowest BCUT2D eigenvalue weighted by Crippen LogP contribution is -2.41. The predicted octanol–water partition coefficient (Wildman–Crippen LogP) is 3.37. The van der Waals surface area contributed by atoms with Crippen molar-refractivity contribution in [3.63, 3.8) is 0 Å². The molecule has 0 spiro atoms. The van der Waals surface area contributed by atoms with Crippen molar-refractivity contribution >= 4 is 52.3 Å². The van der Waals surface area contributed by atoms with Crippen LogP contribution in [-0.2, 0) is 14.3 Å². The van der Waals surface area contributed by atoms with Crippen LogP contribution in [0.1, 0.15) is 35.5 Å². The molecule has 0 atom stereocenters. The number of hydrogen-bond donors (Lipinski definition) is 1. The highest BCUT2D eigenvalue weighted by Gasteiger charge is 2.39. The molecule has 0 unspecified atom stereocenters. The fourth-order valence-corrected chi connectivity index (χ4v) is 4.36. The molecule has 0 aliphatic heterocycles. The van der Waals surface area contributed by atoms with Crippen molar-refractivity contribution in [1.82, 2.24) is 9.97 Å². The monoisotopic (exact) mass is 438 g/mol. The number of nitrogens with zero attached hydrogens (tertiary/aromatic N) is 2. The number of rotatable bonds is 7. The van der Waals surface area contributed by atoms with Gasteiger partial charge in [0.25, 0.3) is 0 Å². The number of halogens is 1. The van der Waals surface area contributed by atoms with E-state index in [0.717, 1.165) is 10.9 Å². The number of carbonyl (C=O) groups is 1. The van der Waals surface area contributed by atoms with Gasteiger partial charge in [-0.2, -0.15) is 0 Å². The van der Waals surface area contributed by atoms with Crippen LogP contribution in [0.5, 0.6) is 0 Å². The minimum Gasteiger partial charge on any atom is -0.477 e. The summed E-state index contributed by atoms with van der Waals surface area (Å²) in [7, 11) is 0.424. The van der Waals surface area contributed by atoms with Crippen LogP contribution in [-0.4, -0.2) is 46.9 Å². The Labute approximate surface area is 160 Å². The highest BCUT2D eigenvalue weighted by molar-refractivity contribution is 9.10. The Morgan fingerprint density at radius 1 is 1.32 bits per heavy atom. The number of aryl methyl sites for hydroxylation is 1. The van der Waals surface area contributed by atoms with E-state index in [-0.39, 0.29) is 25.2 Å². The zero-order valence-corrected chi connectivity index (χ0v) is 18.3. The van der Waals surface area contributed by atoms with E-state index in [2.05, 4.69) is 25.9 Å². The molecule has 0 saturated carbocycles. The van der Waals surface area contributed by atoms with Crippen molar-refractivity contribution in [2.45, 2.75) is 45.6 Å². The first-order chi connectivity index (χ1) is 11.7. The van der Waals surface area contributed by atoms with Gasteiger partial charge in [-0.1, -0.05) is 13.8 Å². The molecule has 25 heavy (non-hydrogen) atoms. The topological polar surface area (TPSA) is 81.5 Å². The van der Waals surface area contributed by atoms with E-state index in [1.165, 1.54) is 0 Å². The quantitative estimate of drug-likeness (QED) is 0.405. The first-order valence-corrected chi connectivity index (χ1v) is 11.2. The van der Waals surface area contributed by atoms with Gasteiger partial charge in [0.15, 0.2) is 5.69 Å². The lowest BCUT2D eigenvalue weighted by molar-refractivity contribution is -0.0432. The molecule has 0 aliphatic carbocycles. The van der Waals surface area contributed by atoms with Crippen LogP contribution in [0.15, 0.2) is 16.9 Å². The summed E-state index contributed by atoms with van der Waals surface area (Å²) >= 11 is 3.38. The number of aromatic nitrogens is 2.